The van der Waals surface area contributed by atoms with Crippen LogP contribution in [0.5, 0.6) is 0 Å². The zero-order chi connectivity index (χ0) is 17.7. The Hall–Kier alpha value is -2.08. The lowest BCUT2D eigenvalue weighted by molar-refractivity contribution is -0.162. The maximum atomic E-state index is 12.4. The highest BCUT2D eigenvalue weighted by molar-refractivity contribution is 5.79. The minimum Gasteiger partial charge on any atom is -0.481 e. The number of urea groups is 1. The fourth-order valence-electron chi connectivity index (χ4n) is 3.26. The van der Waals surface area contributed by atoms with E-state index in [1.807, 2.05) is 38.1 Å². The standard InChI is InChI=1S/C18H26N2O4/c1-3-9-18(16(22)23)12-20(10-8-15(18)21)17(24)19-11-14-6-4-13(2)5-7-14/h4-7,15,21H,3,8-12H2,1-2H3,(H,19,24)(H,22,23)/t15-,18-/m1/s1. The second kappa shape index (κ2) is 7.66. The average molecular weight is 334 g/mol. The molecule has 1 saturated heterocycles. The van der Waals surface area contributed by atoms with E-state index in [0.717, 1.165) is 11.1 Å². The van der Waals surface area contributed by atoms with Crippen LogP contribution in [0.2, 0.25) is 0 Å². The number of nitrogens with one attached hydrogen (secondary N) is 1. The Bertz CT molecular complexity index is 587. The third-order valence-electron chi connectivity index (χ3n) is 4.76. The molecular weight excluding hydrogens is 308 g/mol. The van der Waals surface area contributed by atoms with Crippen molar-refractivity contribution in [1.82, 2.24) is 10.2 Å². The molecule has 132 valence electrons. The summed E-state index contributed by atoms with van der Waals surface area (Å²) in [6, 6.07) is 7.58. The molecule has 3 N–H and O–H groups in total. The average Bonchev–Trinajstić information content (AvgIpc) is 2.56. The number of aryl methyl sites for hydroxylation is 1. The zero-order valence-electron chi connectivity index (χ0n) is 14.3. The first-order valence-corrected chi connectivity index (χ1v) is 8.39. The molecular formula is C18H26N2O4. The van der Waals surface area contributed by atoms with Gasteiger partial charge in [-0.05, 0) is 25.3 Å². The van der Waals surface area contributed by atoms with Gasteiger partial charge in [0.25, 0.3) is 0 Å². The van der Waals surface area contributed by atoms with E-state index in [9.17, 15) is 19.8 Å². The van der Waals surface area contributed by atoms with Gasteiger partial charge in [-0.1, -0.05) is 43.2 Å². The number of carboxylic acids is 1. The van der Waals surface area contributed by atoms with Crippen LogP contribution < -0.4 is 5.32 Å². The molecule has 0 bridgehead atoms. The number of aliphatic carboxylic acids is 1. The molecule has 1 heterocycles. The largest absolute Gasteiger partial charge is 0.481 e. The summed E-state index contributed by atoms with van der Waals surface area (Å²) in [5.74, 6) is -1.03. The number of rotatable bonds is 5. The monoisotopic (exact) mass is 334 g/mol. The minimum atomic E-state index is -1.27. The Balaban J connectivity index is 2.01. The Labute approximate surface area is 142 Å². The summed E-state index contributed by atoms with van der Waals surface area (Å²) in [6.07, 6.45) is 0.355. The van der Waals surface area contributed by atoms with Crippen LogP contribution in [-0.4, -0.2) is 46.3 Å². The summed E-state index contributed by atoms with van der Waals surface area (Å²) >= 11 is 0. The summed E-state index contributed by atoms with van der Waals surface area (Å²) in [5, 5.41) is 22.7. The number of hydrogen-bond acceptors (Lipinski definition) is 3. The van der Waals surface area contributed by atoms with Crippen LogP contribution in [0.1, 0.15) is 37.3 Å². The van der Waals surface area contributed by atoms with Gasteiger partial charge in [0.15, 0.2) is 0 Å². The van der Waals surface area contributed by atoms with Crippen molar-refractivity contribution in [2.45, 2.75) is 45.8 Å². The van der Waals surface area contributed by atoms with Crippen molar-refractivity contribution in [3.8, 4) is 0 Å². The first kappa shape index (κ1) is 18.3. The van der Waals surface area contributed by atoms with Crippen molar-refractivity contribution in [1.29, 1.82) is 0 Å². The summed E-state index contributed by atoms with van der Waals surface area (Å²) in [6.45, 7) is 4.68. The first-order chi connectivity index (χ1) is 11.4. The Morgan fingerprint density at radius 3 is 2.58 bits per heavy atom. The van der Waals surface area contributed by atoms with Crippen molar-refractivity contribution in [2.75, 3.05) is 13.1 Å². The van der Waals surface area contributed by atoms with Gasteiger partial charge in [-0.25, -0.2) is 4.79 Å². The van der Waals surface area contributed by atoms with E-state index in [1.54, 1.807) is 0 Å². The van der Waals surface area contributed by atoms with Gasteiger partial charge in [0.05, 0.1) is 6.10 Å². The molecule has 0 aromatic heterocycles. The van der Waals surface area contributed by atoms with Crippen LogP contribution in [0, 0.1) is 12.3 Å². The minimum absolute atomic E-state index is 0.0388. The van der Waals surface area contributed by atoms with E-state index in [1.165, 1.54) is 4.90 Å². The molecule has 0 unspecified atom stereocenters. The highest BCUT2D eigenvalue weighted by atomic mass is 16.4. The molecule has 0 aliphatic carbocycles. The summed E-state index contributed by atoms with van der Waals surface area (Å²) in [7, 11) is 0. The number of likely N-dealkylation sites (tertiary alicyclic amines) is 1. The molecule has 0 radical (unpaired) electrons. The van der Waals surface area contributed by atoms with Crippen molar-refractivity contribution in [3.05, 3.63) is 35.4 Å². The van der Waals surface area contributed by atoms with Gasteiger partial charge in [0.2, 0.25) is 0 Å². The number of carboxylic acid groups (broad SMARTS) is 1. The van der Waals surface area contributed by atoms with Crippen LogP contribution >= 0.6 is 0 Å². The molecule has 2 atom stereocenters. The van der Waals surface area contributed by atoms with Crippen LogP contribution in [0.4, 0.5) is 4.79 Å². The number of nitrogens with zero attached hydrogens (tertiary/aromatic N) is 1. The van der Waals surface area contributed by atoms with E-state index < -0.39 is 17.5 Å². The lowest BCUT2D eigenvalue weighted by atomic mass is 9.74. The number of aliphatic hydroxyl groups is 1. The van der Waals surface area contributed by atoms with Gasteiger partial charge in [-0.3, -0.25) is 4.79 Å². The number of hydrogen-bond donors (Lipinski definition) is 3. The second-order valence-corrected chi connectivity index (χ2v) is 6.58. The number of carbonyl (C=O) groups excluding carboxylic acids is 1. The summed E-state index contributed by atoms with van der Waals surface area (Å²) in [4.78, 5) is 25.6. The van der Waals surface area contributed by atoms with Crippen LogP contribution in [0.3, 0.4) is 0 Å². The second-order valence-electron chi connectivity index (χ2n) is 6.58. The van der Waals surface area contributed by atoms with E-state index in [4.69, 9.17) is 0 Å². The summed E-state index contributed by atoms with van der Waals surface area (Å²) < 4.78 is 0. The molecule has 1 aromatic rings. The molecule has 0 saturated carbocycles. The number of aliphatic hydroxyl groups excluding tert-OH is 1. The predicted octanol–water partition coefficient (Wildman–Crippen LogP) is 2.14. The predicted molar refractivity (Wildman–Crippen MR) is 90.6 cm³/mol. The van der Waals surface area contributed by atoms with Crippen LogP contribution in [0.25, 0.3) is 0 Å². The van der Waals surface area contributed by atoms with Crippen molar-refractivity contribution in [3.63, 3.8) is 0 Å². The Kier molecular flexibility index (Phi) is 5.83. The van der Waals surface area contributed by atoms with E-state index in [0.29, 0.717) is 25.9 Å². The molecule has 24 heavy (non-hydrogen) atoms. The number of carbonyl (C=O) groups is 2. The van der Waals surface area contributed by atoms with E-state index >= 15 is 0 Å². The van der Waals surface area contributed by atoms with E-state index in [-0.39, 0.29) is 19.0 Å². The highest BCUT2D eigenvalue weighted by Crippen LogP contribution is 2.35. The van der Waals surface area contributed by atoms with Gasteiger partial charge >= 0.3 is 12.0 Å². The molecule has 2 rings (SSSR count). The molecule has 6 nitrogen and oxygen atoms in total. The van der Waals surface area contributed by atoms with Gasteiger partial charge in [0, 0.05) is 19.6 Å². The number of amides is 2. The quantitative estimate of drug-likeness (QED) is 0.769. The van der Waals surface area contributed by atoms with Gasteiger partial charge in [0.1, 0.15) is 5.41 Å². The molecule has 1 aliphatic rings. The highest BCUT2D eigenvalue weighted by Gasteiger charge is 2.49. The molecule has 1 fully saturated rings. The van der Waals surface area contributed by atoms with E-state index in [2.05, 4.69) is 5.32 Å². The molecule has 1 aromatic carbocycles. The molecule has 6 heteroatoms. The van der Waals surface area contributed by atoms with Crippen molar-refractivity contribution < 1.29 is 19.8 Å². The lowest BCUT2D eigenvalue weighted by Crippen LogP contribution is -2.58. The van der Waals surface area contributed by atoms with Crippen LogP contribution in [0.15, 0.2) is 24.3 Å². The molecule has 0 spiro atoms. The molecule has 1 aliphatic heterocycles. The number of piperidine rings is 1. The number of benzene rings is 1. The fraction of sp³-hybridized carbons (Fsp3) is 0.556. The van der Waals surface area contributed by atoms with Gasteiger partial charge in [-0.2, -0.15) is 0 Å². The smallest absolute Gasteiger partial charge is 0.317 e. The zero-order valence-corrected chi connectivity index (χ0v) is 14.3. The normalized spacial score (nSPS) is 23.8. The first-order valence-electron chi connectivity index (χ1n) is 8.39. The Morgan fingerprint density at radius 1 is 1.33 bits per heavy atom. The van der Waals surface area contributed by atoms with Crippen molar-refractivity contribution >= 4 is 12.0 Å². The SMILES string of the molecule is CCC[C@@]1(C(=O)O)CN(C(=O)NCc2ccc(C)cc2)CC[C@H]1O. The maximum Gasteiger partial charge on any atom is 0.317 e. The fourth-order valence-corrected chi connectivity index (χ4v) is 3.26. The third-order valence-corrected chi connectivity index (χ3v) is 4.76. The topological polar surface area (TPSA) is 89.9 Å². The lowest BCUT2D eigenvalue weighted by Gasteiger charge is -2.43. The Morgan fingerprint density at radius 2 is 2.00 bits per heavy atom. The summed E-state index contributed by atoms with van der Waals surface area (Å²) in [5.41, 5.74) is 0.874. The maximum absolute atomic E-state index is 12.4. The van der Waals surface area contributed by atoms with Crippen LogP contribution in [-0.2, 0) is 11.3 Å². The van der Waals surface area contributed by atoms with Gasteiger partial charge in [-0.15, -0.1) is 0 Å². The third kappa shape index (κ3) is 3.87. The molecule has 2 amide bonds. The van der Waals surface area contributed by atoms with Crippen molar-refractivity contribution in [2.24, 2.45) is 5.41 Å². The van der Waals surface area contributed by atoms with Gasteiger partial charge < -0.3 is 20.4 Å².